The number of ether oxygens (including phenoxy) is 2. The van der Waals surface area contributed by atoms with Gasteiger partial charge in [-0.25, -0.2) is 9.59 Å². The lowest BCUT2D eigenvalue weighted by Gasteiger charge is -2.26. The fourth-order valence-corrected chi connectivity index (χ4v) is 2.40. The van der Waals surface area contributed by atoms with Gasteiger partial charge < -0.3 is 19.3 Å². The molecule has 1 aliphatic rings. The molecule has 0 radical (unpaired) electrons. The van der Waals surface area contributed by atoms with E-state index in [2.05, 4.69) is 0 Å². The third kappa shape index (κ3) is 7.82. The normalized spacial score (nSPS) is 14.2. The number of hydrogen-bond acceptors (Lipinski definition) is 6. The van der Waals surface area contributed by atoms with Crippen molar-refractivity contribution in [2.75, 3.05) is 39.4 Å². The second-order valence-electron chi connectivity index (χ2n) is 5.56. The summed E-state index contributed by atoms with van der Waals surface area (Å²) in [7, 11) is 0. The summed E-state index contributed by atoms with van der Waals surface area (Å²) in [5.74, 6) is -2.17. The third-order valence-electron chi connectivity index (χ3n) is 3.86. The molecular weight excluding hydrogens is 328 g/mol. The lowest BCUT2D eigenvalue weighted by Crippen LogP contribution is -2.38. The maximum Gasteiger partial charge on any atom is 0.331 e. The summed E-state index contributed by atoms with van der Waals surface area (Å²) < 4.78 is 9.57. The van der Waals surface area contributed by atoms with Crippen molar-refractivity contribution < 1.29 is 28.7 Å². The van der Waals surface area contributed by atoms with Crippen molar-refractivity contribution in [3.8, 4) is 0 Å². The number of likely N-dealkylation sites (N-methyl/N-ethyl adjacent to an activating group) is 1. The molecule has 0 spiro atoms. The first-order valence-corrected chi connectivity index (χ1v) is 8.55. The number of nitrogens with zero attached hydrogens (tertiary/aromatic N) is 2. The summed E-state index contributed by atoms with van der Waals surface area (Å²) in [4.78, 5) is 49.7. The first-order chi connectivity index (χ1) is 12.0. The molecule has 0 bridgehead atoms. The van der Waals surface area contributed by atoms with Crippen molar-refractivity contribution in [2.24, 2.45) is 0 Å². The predicted octanol–water partition coefficient (Wildman–Crippen LogP) is 0.510. The molecule has 1 saturated heterocycles. The number of amides is 2. The molecule has 0 saturated carbocycles. The largest absolute Gasteiger partial charge is 0.452 e. The molecule has 0 aromatic rings. The van der Waals surface area contributed by atoms with Gasteiger partial charge >= 0.3 is 11.9 Å². The van der Waals surface area contributed by atoms with Gasteiger partial charge in [0.05, 0.1) is 0 Å². The summed E-state index contributed by atoms with van der Waals surface area (Å²) in [6.07, 6.45) is 4.78. The van der Waals surface area contributed by atoms with Crippen molar-refractivity contribution in [3.63, 3.8) is 0 Å². The van der Waals surface area contributed by atoms with Gasteiger partial charge in [0.2, 0.25) is 0 Å². The zero-order valence-electron chi connectivity index (χ0n) is 14.9. The van der Waals surface area contributed by atoms with Gasteiger partial charge in [0.25, 0.3) is 11.8 Å². The van der Waals surface area contributed by atoms with E-state index in [1.54, 1.807) is 4.90 Å². The Balaban J connectivity index is 2.27. The highest BCUT2D eigenvalue weighted by molar-refractivity contribution is 5.93. The van der Waals surface area contributed by atoms with Gasteiger partial charge in [-0.2, -0.15) is 0 Å². The van der Waals surface area contributed by atoms with Gasteiger partial charge in [0.1, 0.15) is 0 Å². The minimum atomic E-state index is -0.820. The number of rotatable bonds is 8. The van der Waals surface area contributed by atoms with Crippen LogP contribution in [0.4, 0.5) is 0 Å². The van der Waals surface area contributed by atoms with Crippen LogP contribution in [0, 0.1) is 0 Å². The second-order valence-corrected chi connectivity index (χ2v) is 5.56. The van der Waals surface area contributed by atoms with Crippen LogP contribution in [0.2, 0.25) is 0 Å². The molecule has 8 heteroatoms. The van der Waals surface area contributed by atoms with Crippen LogP contribution < -0.4 is 0 Å². The zero-order chi connectivity index (χ0) is 18.7. The van der Waals surface area contributed by atoms with Crippen LogP contribution in [0.15, 0.2) is 12.2 Å². The first-order valence-electron chi connectivity index (χ1n) is 8.55. The zero-order valence-corrected chi connectivity index (χ0v) is 14.9. The average Bonchev–Trinajstić information content (AvgIpc) is 2.64. The van der Waals surface area contributed by atoms with Crippen LogP contribution in [0.5, 0.6) is 0 Å². The SMILES string of the molecule is CCN(CC)C(=O)COC(=O)/C=C/C(=O)OCC(=O)N1CCCCC1. The quantitative estimate of drug-likeness (QED) is 0.466. The van der Waals surface area contributed by atoms with Crippen LogP contribution in [-0.2, 0) is 28.7 Å². The smallest absolute Gasteiger partial charge is 0.331 e. The van der Waals surface area contributed by atoms with Gasteiger partial charge in [-0.3, -0.25) is 9.59 Å². The van der Waals surface area contributed by atoms with Crippen molar-refractivity contribution >= 4 is 23.8 Å². The van der Waals surface area contributed by atoms with E-state index >= 15 is 0 Å². The third-order valence-corrected chi connectivity index (χ3v) is 3.86. The van der Waals surface area contributed by atoms with E-state index < -0.39 is 11.9 Å². The van der Waals surface area contributed by atoms with E-state index in [1.165, 1.54) is 4.90 Å². The van der Waals surface area contributed by atoms with E-state index in [-0.39, 0.29) is 25.0 Å². The molecule has 0 N–H and O–H groups in total. The van der Waals surface area contributed by atoms with Gasteiger partial charge in [0.15, 0.2) is 13.2 Å². The first kappa shape index (κ1) is 20.7. The Hall–Kier alpha value is -2.38. The van der Waals surface area contributed by atoms with E-state index in [0.29, 0.717) is 26.2 Å². The highest BCUT2D eigenvalue weighted by Crippen LogP contribution is 2.08. The lowest BCUT2D eigenvalue weighted by atomic mass is 10.1. The number of piperidine rings is 1. The monoisotopic (exact) mass is 354 g/mol. The Labute approximate surface area is 147 Å². The topological polar surface area (TPSA) is 93.2 Å². The molecule has 0 aromatic carbocycles. The van der Waals surface area contributed by atoms with Gasteiger partial charge in [-0.05, 0) is 33.1 Å². The molecule has 0 aliphatic carbocycles. The molecule has 0 aromatic heterocycles. The van der Waals surface area contributed by atoms with E-state index in [9.17, 15) is 19.2 Å². The molecule has 1 heterocycles. The summed E-state index contributed by atoms with van der Waals surface area (Å²) in [6.45, 7) is 5.33. The summed E-state index contributed by atoms with van der Waals surface area (Å²) in [5.41, 5.74) is 0. The molecule has 140 valence electrons. The van der Waals surface area contributed by atoms with Gasteiger partial charge in [-0.1, -0.05) is 0 Å². The summed E-state index contributed by atoms with van der Waals surface area (Å²) in [6, 6.07) is 0. The van der Waals surface area contributed by atoms with E-state index in [0.717, 1.165) is 31.4 Å². The van der Waals surface area contributed by atoms with Crippen LogP contribution in [0.1, 0.15) is 33.1 Å². The second kappa shape index (κ2) is 11.2. The van der Waals surface area contributed by atoms with Gasteiger partial charge in [0, 0.05) is 38.3 Å². The predicted molar refractivity (Wildman–Crippen MR) is 89.4 cm³/mol. The maximum absolute atomic E-state index is 11.8. The molecule has 1 aliphatic heterocycles. The molecular formula is C17H26N2O6. The Kier molecular flexibility index (Phi) is 9.28. The van der Waals surface area contributed by atoms with Crippen molar-refractivity contribution in [3.05, 3.63) is 12.2 Å². The minimum Gasteiger partial charge on any atom is -0.452 e. The van der Waals surface area contributed by atoms with Crippen LogP contribution in [-0.4, -0.2) is 72.9 Å². The van der Waals surface area contributed by atoms with Gasteiger partial charge in [-0.15, -0.1) is 0 Å². The Morgan fingerprint density at radius 2 is 1.40 bits per heavy atom. The molecule has 2 amide bonds. The number of carbonyl (C=O) groups excluding carboxylic acids is 4. The van der Waals surface area contributed by atoms with E-state index in [1.807, 2.05) is 13.8 Å². The molecule has 0 unspecified atom stereocenters. The van der Waals surface area contributed by atoms with Crippen molar-refractivity contribution in [1.29, 1.82) is 0 Å². The number of hydrogen-bond donors (Lipinski definition) is 0. The highest BCUT2D eigenvalue weighted by Gasteiger charge is 2.17. The summed E-state index contributed by atoms with van der Waals surface area (Å²) >= 11 is 0. The van der Waals surface area contributed by atoms with Crippen LogP contribution >= 0.6 is 0 Å². The molecule has 1 fully saturated rings. The fourth-order valence-electron chi connectivity index (χ4n) is 2.40. The standard InChI is InChI=1S/C17H26N2O6/c1-3-18(4-2)14(20)12-24-16(22)8-9-17(23)25-13-15(21)19-10-6-5-7-11-19/h8-9H,3-7,10-13H2,1-2H3/b9-8+. The Morgan fingerprint density at radius 1 is 0.880 bits per heavy atom. The highest BCUT2D eigenvalue weighted by atomic mass is 16.5. The Morgan fingerprint density at radius 3 is 1.92 bits per heavy atom. The van der Waals surface area contributed by atoms with E-state index in [4.69, 9.17) is 9.47 Å². The lowest BCUT2D eigenvalue weighted by molar-refractivity contribution is -0.149. The minimum absolute atomic E-state index is 0.242. The Bertz CT molecular complexity index is 507. The number of esters is 2. The van der Waals surface area contributed by atoms with Crippen LogP contribution in [0.3, 0.4) is 0 Å². The number of carbonyl (C=O) groups is 4. The maximum atomic E-state index is 11.8. The average molecular weight is 354 g/mol. The van der Waals surface area contributed by atoms with Crippen LogP contribution in [0.25, 0.3) is 0 Å². The van der Waals surface area contributed by atoms with Crippen molar-refractivity contribution in [1.82, 2.24) is 9.80 Å². The molecule has 8 nitrogen and oxygen atoms in total. The number of likely N-dealkylation sites (tertiary alicyclic amines) is 1. The molecule has 0 atom stereocenters. The molecule has 25 heavy (non-hydrogen) atoms. The van der Waals surface area contributed by atoms with Crippen molar-refractivity contribution in [2.45, 2.75) is 33.1 Å². The summed E-state index contributed by atoms with van der Waals surface area (Å²) in [5, 5.41) is 0. The fraction of sp³-hybridized carbons (Fsp3) is 0.647. The molecule has 1 rings (SSSR count).